The van der Waals surface area contributed by atoms with Crippen molar-refractivity contribution in [2.45, 2.75) is 32.4 Å². The Morgan fingerprint density at radius 3 is 2.27 bits per heavy atom. The molecular weight excluding hydrogens is 296 g/mol. The van der Waals surface area contributed by atoms with Crippen molar-refractivity contribution in [2.75, 3.05) is 0 Å². The van der Waals surface area contributed by atoms with Crippen LogP contribution in [0.25, 0.3) is 0 Å². The molecule has 1 amide bonds. The van der Waals surface area contributed by atoms with Crippen molar-refractivity contribution in [1.29, 1.82) is 0 Å². The van der Waals surface area contributed by atoms with E-state index in [1.165, 1.54) is 5.56 Å². The Kier molecular flexibility index (Phi) is 7.09. The van der Waals surface area contributed by atoms with Gasteiger partial charge in [0.25, 0.3) is 0 Å². The summed E-state index contributed by atoms with van der Waals surface area (Å²) in [5.74, 6) is -0.119. The predicted octanol–water partition coefficient (Wildman–Crippen LogP) is 3.16. The summed E-state index contributed by atoms with van der Waals surface area (Å²) in [6.45, 7) is 4.01. The molecule has 0 saturated heterocycles. The molecule has 0 aliphatic heterocycles. The van der Waals surface area contributed by atoms with Gasteiger partial charge in [-0.2, -0.15) is 0 Å². The Bertz CT molecular complexity index is 584. The average Bonchev–Trinajstić information content (AvgIpc) is 2.48. The number of benzene rings is 2. The minimum absolute atomic E-state index is 0. The van der Waals surface area contributed by atoms with Crippen LogP contribution in [0.4, 0.5) is 0 Å². The second kappa shape index (κ2) is 8.57. The summed E-state index contributed by atoms with van der Waals surface area (Å²) in [5.41, 5.74) is 9.35. The first-order valence-electron chi connectivity index (χ1n) is 7.22. The van der Waals surface area contributed by atoms with Crippen LogP contribution in [-0.4, -0.2) is 11.9 Å². The fourth-order valence-electron chi connectivity index (χ4n) is 2.22. The third-order valence-corrected chi connectivity index (χ3v) is 3.57. The van der Waals surface area contributed by atoms with Crippen molar-refractivity contribution in [1.82, 2.24) is 5.32 Å². The molecule has 2 rings (SSSR count). The molecule has 0 spiro atoms. The van der Waals surface area contributed by atoms with Gasteiger partial charge in [0.1, 0.15) is 0 Å². The number of carbonyl (C=O) groups excluding carboxylic acids is 1. The molecule has 4 heteroatoms. The number of rotatable bonds is 5. The Morgan fingerprint density at radius 2 is 1.68 bits per heavy atom. The Morgan fingerprint density at radius 1 is 1.09 bits per heavy atom. The van der Waals surface area contributed by atoms with E-state index in [2.05, 4.69) is 5.32 Å². The van der Waals surface area contributed by atoms with E-state index >= 15 is 0 Å². The van der Waals surface area contributed by atoms with Crippen LogP contribution < -0.4 is 11.1 Å². The van der Waals surface area contributed by atoms with Crippen molar-refractivity contribution in [2.24, 2.45) is 5.73 Å². The smallest absolute Gasteiger partial charge is 0.237 e. The molecule has 2 aromatic carbocycles. The maximum atomic E-state index is 12.2. The van der Waals surface area contributed by atoms with E-state index in [1.54, 1.807) is 0 Å². The zero-order chi connectivity index (χ0) is 15.2. The molecule has 0 radical (unpaired) electrons. The highest BCUT2D eigenvalue weighted by Crippen LogP contribution is 2.13. The molecule has 0 aliphatic rings. The first-order valence-corrected chi connectivity index (χ1v) is 7.22. The van der Waals surface area contributed by atoms with Crippen LogP contribution in [-0.2, 0) is 11.2 Å². The predicted molar refractivity (Wildman–Crippen MR) is 93.1 cm³/mol. The zero-order valence-corrected chi connectivity index (χ0v) is 13.8. The normalized spacial score (nSPS) is 12.9. The third kappa shape index (κ3) is 5.17. The lowest BCUT2D eigenvalue weighted by atomic mass is 10.0. The number of aryl methyl sites for hydroxylation is 1. The first kappa shape index (κ1) is 18.2. The number of hydrogen-bond acceptors (Lipinski definition) is 2. The quantitative estimate of drug-likeness (QED) is 0.889. The Balaban J connectivity index is 0.00000242. The molecule has 3 nitrogen and oxygen atoms in total. The minimum Gasteiger partial charge on any atom is -0.348 e. The van der Waals surface area contributed by atoms with E-state index in [1.807, 2.05) is 68.4 Å². The van der Waals surface area contributed by atoms with Gasteiger partial charge in [0, 0.05) is 0 Å². The molecule has 0 aromatic heterocycles. The Hall–Kier alpha value is -1.84. The number of carbonyl (C=O) groups is 1. The number of hydrogen-bond donors (Lipinski definition) is 2. The van der Waals surface area contributed by atoms with Gasteiger partial charge in [0.2, 0.25) is 5.91 Å². The molecule has 0 saturated carbocycles. The third-order valence-electron chi connectivity index (χ3n) is 3.57. The molecular formula is C18H23ClN2O. The van der Waals surface area contributed by atoms with Crippen LogP contribution in [0.2, 0.25) is 0 Å². The van der Waals surface area contributed by atoms with E-state index in [-0.39, 0.29) is 24.4 Å². The molecule has 2 unspecified atom stereocenters. The van der Waals surface area contributed by atoms with Crippen molar-refractivity contribution < 1.29 is 4.79 Å². The highest BCUT2D eigenvalue weighted by atomic mass is 35.5. The van der Waals surface area contributed by atoms with E-state index in [4.69, 9.17) is 5.73 Å². The van der Waals surface area contributed by atoms with Crippen molar-refractivity contribution in [3.8, 4) is 0 Å². The van der Waals surface area contributed by atoms with Gasteiger partial charge in [-0.15, -0.1) is 12.4 Å². The largest absolute Gasteiger partial charge is 0.348 e. The van der Waals surface area contributed by atoms with E-state index < -0.39 is 6.04 Å². The number of nitrogens with two attached hydrogens (primary N) is 1. The van der Waals surface area contributed by atoms with Gasteiger partial charge in [-0.1, -0.05) is 60.2 Å². The van der Waals surface area contributed by atoms with Crippen LogP contribution in [0.3, 0.4) is 0 Å². The SMILES string of the molecule is Cc1ccc(C(C)NC(=O)C(N)Cc2ccccc2)cc1.Cl. The fourth-order valence-corrected chi connectivity index (χ4v) is 2.22. The van der Waals surface area contributed by atoms with Gasteiger partial charge >= 0.3 is 0 Å². The first-order chi connectivity index (χ1) is 10.1. The summed E-state index contributed by atoms with van der Waals surface area (Å²) in [6.07, 6.45) is 0.549. The van der Waals surface area contributed by atoms with Crippen LogP contribution in [0.15, 0.2) is 54.6 Å². The zero-order valence-electron chi connectivity index (χ0n) is 13.0. The molecule has 3 N–H and O–H groups in total. The molecule has 118 valence electrons. The molecule has 2 atom stereocenters. The lowest BCUT2D eigenvalue weighted by Crippen LogP contribution is -2.42. The van der Waals surface area contributed by atoms with E-state index in [0.29, 0.717) is 6.42 Å². The summed E-state index contributed by atoms with van der Waals surface area (Å²) < 4.78 is 0. The lowest BCUT2D eigenvalue weighted by Gasteiger charge is -2.18. The second-order valence-electron chi connectivity index (χ2n) is 5.44. The van der Waals surface area contributed by atoms with Crippen molar-refractivity contribution in [3.63, 3.8) is 0 Å². The summed E-state index contributed by atoms with van der Waals surface area (Å²) in [6, 6.07) is 17.4. The van der Waals surface area contributed by atoms with E-state index in [0.717, 1.165) is 11.1 Å². The van der Waals surface area contributed by atoms with Crippen molar-refractivity contribution in [3.05, 3.63) is 71.3 Å². The summed E-state index contributed by atoms with van der Waals surface area (Å²) in [4.78, 5) is 12.2. The monoisotopic (exact) mass is 318 g/mol. The van der Waals surface area contributed by atoms with Gasteiger partial charge in [-0.3, -0.25) is 4.79 Å². The molecule has 0 aliphatic carbocycles. The minimum atomic E-state index is -0.528. The van der Waals surface area contributed by atoms with Gasteiger partial charge in [-0.25, -0.2) is 0 Å². The number of amides is 1. The standard InChI is InChI=1S/C18H22N2O.ClH/c1-13-8-10-16(11-9-13)14(2)20-18(21)17(19)12-15-6-4-3-5-7-15;/h3-11,14,17H,12,19H2,1-2H3,(H,20,21);1H. The lowest BCUT2D eigenvalue weighted by molar-refractivity contribution is -0.123. The molecule has 2 aromatic rings. The van der Waals surface area contributed by atoms with Gasteiger partial charge in [0.15, 0.2) is 0 Å². The molecule has 0 heterocycles. The van der Waals surface area contributed by atoms with Gasteiger partial charge < -0.3 is 11.1 Å². The second-order valence-corrected chi connectivity index (χ2v) is 5.44. The van der Waals surface area contributed by atoms with Gasteiger partial charge in [0.05, 0.1) is 12.1 Å². The van der Waals surface area contributed by atoms with Crippen LogP contribution >= 0.6 is 12.4 Å². The molecule has 0 fully saturated rings. The fraction of sp³-hybridized carbons (Fsp3) is 0.278. The van der Waals surface area contributed by atoms with Crippen molar-refractivity contribution >= 4 is 18.3 Å². The number of halogens is 1. The summed E-state index contributed by atoms with van der Waals surface area (Å²) in [5, 5.41) is 2.97. The van der Waals surface area contributed by atoms with Crippen LogP contribution in [0, 0.1) is 6.92 Å². The average molecular weight is 319 g/mol. The van der Waals surface area contributed by atoms with Crippen LogP contribution in [0.5, 0.6) is 0 Å². The van der Waals surface area contributed by atoms with E-state index in [9.17, 15) is 4.79 Å². The summed E-state index contributed by atoms with van der Waals surface area (Å²) in [7, 11) is 0. The van der Waals surface area contributed by atoms with Crippen LogP contribution in [0.1, 0.15) is 29.7 Å². The molecule has 0 bridgehead atoms. The number of nitrogens with one attached hydrogen (secondary N) is 1. The topological polar surface area (TPSA) is 55.1 Å². The maximum absolute atomic E-state index is 12.2. The maximum Gasteiger partial charge on any atom is 0.237 e. The highest BCUT2D eigenvalue weighted by Gasteiger charge is 2.16. The Labute approximate surface area is 138 Å². The molecule has 22 heavy (non-hydrogen) atoms. The van der Waals surface area contributed by atoms with Gasteiger partial charge in [-0.05, 0) is 31.4 Å². The summed E-state index contributed by atoms with van der Waals surface area (Å²) >= 11 is 0. The highest BCUT2D eigenvalue weighted by molar-refractivity contribution is 5.85.